The molecule has 1 fully saturated rings. The highest BCUT2D eigenvalue weighted by atomic mass is 16.5. The second-order valence-corrected chi connectivity index (χ2v) is 8.19. The molecule has 3 aliphatic rings. The van der Waals surface area contributed by atoms with Gasteiger partial charge in [-0.05, 0) is 58.3 Å². The van der Waals surface area contributed by atoms with Crippen LogP contribution in [0.2, 0.25) is 0 Å². The third-order valence-electron chi connectivity index (χ3n) is 5.48. The number of hydrogen-bond acceptors (Lipinski definition) is 4. The number of ketones is 1. The molecule has 1 saturated carbocycles. The normalized spacial score (nSPS) is 38.9. The van der Waals surface area contributed by atoms with Gasteiger partial charge >= 0.3 is 0 Å². The Morgan fingerprint density at radius 2 is 1.95 bits per heavy atom. The standard InChI is InChI=1S/C17H26O4/c1-16(2)8-12(18)14-13(21-16)6-9-5-10(17(3,4)20)7-11(9)15(14)19/h9-11,15,19-20H,5-8H2,1-4H3/t9-,10-,11+,15+/m0/s1. The van der Waals surface area contributed by atoms with Crippen LogP contribution in [0.1, 0.15) is 53.4 Å². The highest BCUT2D eigenvalue weighted by Gasteiger charge is 2.51. The van der Waals surface area contributed by atoms with Crippen molar-refractivity contribution < 1.29 is 19.7 Å². The van der Waals surface area contributed by atoms with Gasteiger partial charge in [0.15, 0.2) is 5.78 Å². The quantitative estimate of drug-likeness (QED) is 0.778. The molecule has 21 heavy (non-hydrogen) atoms. The molecule has 4 heteroatoms. The third-order valence-corrected chi connectivity index (χ3v) is 5.48. The lowest BCUT2D eigenvalue weighted by atomic mass is 9.75. The summed E-state index contributed by atoms with van der Waals surface area (Å²) < 4.78 is 5.98. The first-order chi connectivity index (χ1) is 9.58. The largest absolute Gasteiger partial charge is 0.491 e. The van der Waals surface area contributed by atoms with Crippen LogP contribution in [0.25, 0.3) is 0 Å². The highest BCUT2D eigenvalue weighted by Crippen LogP contribution is 2.52. The molecule has 118 valence electrons. The van der Waals surface area contributed by atoms with Crippen LogP contribution in [0.3, 0.4) is 0 Å². The van der Waals surface area contributed by atoms with Gasteiger partial charge in [0, 0.05) is 6.42 Å². The molecule has 0 radical (unpaired) electrons. The van der Waals surface area contributed by atoms with Gasteiger partial charge in [0.25, 0.3) is 0 Å². The van der Waals surface area contributed by atoms with E-state index in [2.05, 4.69) is 0 Å². The molecule has 0 amide bonds. The van der Waals surface area contributed by atoms with Gasteiger partial charge < -0.3 is 14.9 Å². The van der Waals surface area contributed by atoms with Crippen molar-refractivity contribution in [3.05, 3.63) is 11.3 Å². The smallest absolute Gasteiger partial charge is 0.168 e. The van der Waals surface area contributed by atoms with E-state index in [1.165, 1.54) is 0 Å². The van der Waals surface area contributed by atoms with Crippen LogP contribution in [-0.4, -0.2) is 33.3 Å². The Morgan fingerprint density at radius 3 is 2.57 bits per heavy atom. The first kappa shape index (κ1) is 15.0. The number of rotatable bonds is 1. The minimum absolute atomic E-state index is 0.0268. The first-order valence-corrected chi connectivity index (χ1v) is 7.94. The van der Waals surface area contributed by atoms with Gasteiger partial charge in [0.2, 0.25) is 0 Å². The second-order valence-electron chi connectivity index (χ2n) is 8.19. The second kappa shape index (κ2) is 4.56. The molecule has 0 aromatic carbocycles. The fourth-order valence-electron chi connectivity index (χ4n) is 4.35. The Hall–Kier alpha value is -0.870. The molecule has 0 bridgehead atoms. The Balaban J connectivity index is 1.88. The predicted molar refractivity (Wildman–Crippen MR) is 78.4 cm³/mol. The summed E-state index contributed by atoms with van der Waals surface area (Å²) in [7, 11) is 0. The summed E-state index contributed by atoms with van der Waals surface area (Å²) in [6.07, 6.45) is 1.99. The molecule has 2 aliphatic carbocycles. The van der Waals surface area contributed by atoms with Crippen molar-refractivity contribution in [3.8, 4) is 0 Å². The van der Waals surface area contributed by atoms with Crippen LogP contribution >= 0.6 is 0 Å². The van der Waals surface area contributed by atoms with E-state index in [-0.39, 0.29) is 17.6 Å². The van der Waals surface area contributed by atoms with E-state index in [1.807, 2.05) is 27.7 Å². The fourth-order valence-corrected chi connectivity index (χ4v) is 4.35. The molecule has 0 spiro atoms. The molecule has 3 rings (SSSR count). The van der Waals surface area contributed by atoms with E-state index in [9.17, 15) is 15.0 Å². The van der Waals surface area contributed by atoms with Crippen molar-refractivity contribution in [3.63, 3.8) is 0 Å². The molecule has 4 atom stereocenters. The summed E-state index contributed by atoms with van der Waals surface area (Å²) in [5.41, 5.74) is -0.703. The minimum atomic E-state index is -0.734. The van der Waals surface area contributed by atoms with Crippen LogP contribution in [0.4, 0.5) is 0 Å². The van der Waals surface area contributed by atoms with Crippen molar-refractivity contribution in [2.45, 2.75) is 70.7 Å². The molecule has 0 saturated heterocycles. The molecular weight excluding hydrogens is 268 g/mol. The number of Topliss-reactive ketones (excluding diaryl/α,β-unsaturated/α-hetero) is 1. The van der Waals surface area contributed by atoms with Crippen molar-refractivity contribution >= 4 is 5.78 Å². The van der Waals surface area contributed by atoms with Crippen LogP contribution in [0.15, 0.2) is 11.3 Å². The van der Waals surface area contributed by atoms with E-state index < -0.39 is 17.3 Å². The summed E-state index contributed by atoms with van der Waals surface area (Å²) in [6, 6.07) is 0. The summed E-state index contributed by atoms with van der Waals surface area (Å²) in [6.45, 7) is 7.50. The van der Waals surface area contributed by atoms with E-state index in [0.717, 1.165) is 19.3 Å². The van der Waals surface area contributed by atoms with Crippen LogP contribution in [0.5, 0.6) is 0 Å². The third kappa shape index (κ3) is 2.53. The van der Waals surface area contributed by atoms with Crippen molar-refractivity contribution in [1.29, 1.82) is 0 Å². The van der Waals surface area contributed by atoms with Gasteiger partial charge in [-0.1, -0.05) is 0 Å². The van der Waals surface area contributed by atoms with Gasteiger partial charge in [-0.3, -0.25) is 4.79 Å². The average molecular weight is 294 g/mol. The van der Waals surface area contributed by atoms with Crippen LogP contribution in [0, 0.1) is 17.8 Å². The van der Waals surface area contributed by atoms with E-state index in [1.54, 1.807) is 0 Å². The van der Waals surface area contributed by atoms with E-state index in [0.29, 0.717) is 23.7 Å². The maximum absolute atomic E-state index is 12.4. The van der Waals surface area contributed by atoms with Crippen LogP contribution < -0.4 is 0 Å². The topological polar surface area (TPSA) is 66.8 Å². The Morgan fingerprint density at radius 1 is 1.29 bits per heavy atom. The fraction of sp³-hybridized carbons (Fsp3) is 0.824. The molecule has 1 heterocycles. The monoisotopic (exact) mass is 294 g/mol. The summed E-state index contributed by atoms with van der Waals surface area (Å²) in [4.78, 5) is 12.4. The first-order valence-electron chi connectivity index (χ1n) is 7.94. The number of aliphatic hydroxyl groups excluding tert-OH is 1. The summed E-state index contributed by atoms with van der Waals surface area (Å²) in [5, 5.41) is 20.9. The van der Waals surface area contributed by atoms with Crippen molar-refractivity contribution in [1.82, 2.24) is 0 Å². The number of ether oxygens (including phenoxy) is 1. The Labute approximate surface area is 126 Å². The maximum Gasteiger partial charge on any atom is 0.168 e. The lowest BCUT2D eigenvalue weighted by molar-refractivity contribution is -0.127. The molecular formula is C17H26O4. The van der Waals surface area contributed by atoms with Gasteiger partial charge in [0.1, 0.15) is 11.4 Å². The van der Waals surface area contributed by atoms with Gasteiger partial charge in [0.05, 0.1) is 23.7 Å². The lowest BCUT2D eigenvalue weighted by Crippen LogP contribution is -2.43. The molecule has 0 aromatic rings. The maximum atomic E-state index is 12.4. The number of allylic oxidation sites excluding steroid dienone is 1. The van der Waals surface area contributed by atoms with Crippen molar-refractivity contribution in [2.24, 2.45) is 17.8 Å². The van der Waals surface area contributed by atoms with E-state index in [4.69, 9.17) is 4.74 Å². The molecule has 0 aromatic heterocycles. The van der Waals surface area contributed by atoms with Gasteiger partial charge in [-0.25, -0.2) is 0 Å². The Bertz CT molecular complexity index is 497. The summed E-state index contributed by atoms with van der Waals surface area (Å²) >= 11 is 0. The SMILES string of the molecule is CC1(C)CC(=O)C2=C(C[C@@H]3C[C@H](C(C)(C)O)C[C@H]3[C@H]2O)O1. The number of carbonyl (C=O) groups is 1. The minimum Gasteiger partial charge on any atom is -0.491 e. The molecule has 0 unspecified atom stereocenters. The number of hydrogen-bond donors (Lipinski definition) is 2. The Kier molecular flexibility index (Phi) is 3.27. The molecule has 4 nitrogen and oxygen atoms in total. The number of aliphatic hydroxyl groups is 2. The summed E-state index contributed by atoms with van der Waals surface area (Å²) in [5.74, 6) is 1.28. The molecule has 1 aliphatic heterocycles. The number of carbonyl (C=O) groups excluding carboxylic acids is 1. The van der Waals surface area contributed by atoms with Gasteiger partial charge in [-0.15, -0.1) is 0 Å². The average Bonchev–Trinajstić information content (AvgIpc) is 2.70. The van der Waals surface area contributed by atoms with Crippen LogP contribution in [-0.2, 0) is 9.53 Å². The lowest BCUT2D eigenvalue weighted by Gasteiger charge is -2.41. The van der Waals surface area contributed by atoms with E-state index >= 15 is 0 Å². The zero-order valence-corrected chi connectivity index (χ0v) is 13.3. The zero-order chi connectivity index (χ0) is 15.6. The zero-order valence-electron chi connectivity index (χ0n) is 13.3. The van der Waals surface area contributed by atoms with Crippen molar-refractivity contribution in [2.75, 3.05) is 0 Å². The molecule has 2 N–H and O–H groups in total. The predicted octanol–water partition coefficient (Wildman–Crippen LogP) is 2.19. The van der Waals surface area contributed by atoms with Gasteiger partial charge in [-0.2, -0.15) is 0 Å². The number of fused-ring (bicyclic) bond motifs is 1. The highest BCUT2D eigenvalue weighted by molar-refractivity contribution is 5.98.